The minimum atomic E-state index is -1.65. The van der Waals surface area contributed by atoms with Crippen LogP contribution in [0.2, 0.25) is 0 Å². The average molecular weight is 462 g/mol. The van der Waals surface area contributed by atoms with Gasteiger partial charge in [0.2, 0.25) is 11.8 Å². The Bertz CT molecular complexity index is 761. The van der Waals surface area contributed by atoms with E-state index in [1.165, 1.54) is 11.9 Å². The van der Waals surface area contributed by atoms with Crippen LogP contribution in [-0.4, -0.2) is 37.8 Å². The van der Waals surface area contributed by atoms with Gasteiger partial charge in [0.15, 0.2) is 4.33 Å². The molecule has 3 fully saturated rings. The monoisotopic (exact) mass is 459 g/mol. The molecule has 1 heterocycles. The molecule has 0 unspecified atom stereocenters. The maximum absolute atomic E-state index is 12.7. The van der Waals surface area contributed by atoms with Crippen molar-refractivity contribution in [3.8, 4) is 0 Å². The number of nitrogens with zero attached hydrogens (tertiary/aromatic N) is 1. The number of carbonyl (C=O) groups excluding carboxylic acids is 2. The Labute approximate surface area is 174 Å². The molecule has 2 saturated carbocycles. The molecule has 0 N–H and O–H groups in total. The molecular weight excluding hydrogens is 451 g/mol. The highest BCUT2D eigenvalue weighted by Crippen LogP contribution is 2.81. The van der Waals surface area contributed by atoms with Crippen LogP contribution in [0.4, 0.5) is 0 Å². The van der Waals surface area contributed by atoms with E-state index >= 15 is 0 Å². The van der Waals surface area contributed by atoms with E-state index in [1.54, 1.807) is 0 Å². The average Bonchev–Trinajstić information content (AvgIpc) is 2.95. The van der Waals surface area contributed by atoms with Crippen LogP contribution >= 0.6 is 69.6 Å². The van der Waals surface area contributed by atoms with Crippen molar-refractivity contribution >= 4 is 81.4 Å². The number of carbonyl (C=O) groups is 2. The summed E-state index contributed by atoms with van der Waals surface area (Å²) in [4.78, 5) is 23.8. The fourth-order valence-electron chi connectivity index (χ4n) is 5.93. The molecule has 0 aromatic rings. The largest absolute Gasteiger partial charge is 0.285 e. The molecule has 1 saturated heterocycles. The number of alkyl halides is 4. The summed E-state index contributed by atoms with van der Waals surface area (Å²) in [6.45, 7) is 0. The van der Waals surface area contributed by atoms with Gasteiger partial charge in [-0.25, -0.2) is 0 Å². The van der Waals surface area contributed by atoms with Crippen molar-refractivity contribution in [2.24, 2.45) is 35.5 Å². The molecule has 6 aliphatic rings. The van der Waals surface area contributed by atoms with Gasteiger partial charge in [0.1, 0.15) is 9.75 Å². The molecule has 3 nitrogen and oxygen atoms in total. The smallest absolute Gasteiger partial charge is 0.233 e. The number of fused-ring (bicyclic) bond motifs is 2. The Hall–Kier alpha value is 0.360. The van der Waals surface area contributed by atoms with Gasteiger partial charge in [0.05, 0.1) is 21.9 Å². The Morgan fingerprint density at radius 1 is 0.840 bits per heavy atom. The Kier molecular flexibility index (Phi) is 3.26. The van der Waals surface area contributed by atoms with Crippen LogP contribution < -0.4 is 0 Å². The van der Waals surface area contributed by atoms with Crippen molar-refractivity contribution in [2.45, 2.75) is 14.1 Å². The number of rotatable bonds is 0. The van der Waals surface area contributed by atoms with Gasteiger partial charge in [0.25, 0.3) is 0 Å². The Morgan fingerprint density at radius 3 is 1.56 bits per heavy atom. The quantitative estimate of drug-likeness (QED) is 0.309. The number of allylic oxidation sites excluding steroid dienone is 4. The molecule has 9 heteroatoms. The summed E-state index contributed by atoms with van der Waals surface area (Å²) < 4.78 is -1.65. The van der Waals surface area contributed by atoms with E-state index in [-0.39, 0.29) is 45.6 Å². The number of amides is 2. The van der Waals surface area contributed by atoms with Crippen molar-refractivity contribution < 1.29 is 9.59 Å². The fraction of sp³-hybridized carbons (Fsp3) is 0.625. The van der Waals surface area contributed by atoms with Crippen LogP contribution in [0.25, 0.3) is 0 Å². The first-order chi connectivity index (χ1) is 11.5. The van der Waals surface area contributed by atoms with Crippen molar-refractivity contribution in [2.75, 3.05) is 7.05 Å². The third-order valence-corrected chi connectivity index (χ3v) is 11.2. The lowest BCUT2D eigenvalue weighted by molar-refractivity contribution is -0.138. The first-order valence-electron chi connectivity index (χ1n) is 7.84. The van der Waals surface area contributed by atoms with E-state index < -0.39 is 25.9 Å². The molecule has 6 rings (SSSR count). The highest BCUT2D eigenvalue weighted by atomic mass is 35.5. The fourth-order valence-corrected chi connectivity index (χ4v) is 9.03. The molecule has 5 aliphatic carbocycles. The van der Waals surface area contributed by atoms with Crippen molar-refractivity contribution in [3.05, 3.63) is 22.2 Å². The lowest BCUT2D eigenvalue weighted by Gasteiger charge is -2.53. The molecular formula is C16H11Cl6NO2. The van der Waals surface area contributed by atoms with Crippen LogP contribution in [0.3, 0.4) is 0 Å². The highest BCUT2D eigenvalue weighted by molar-refractivity contribution is 6.65. The third kappa shape index (κ3) is 1.46. The summed E-state index contributed by atoms with van der Waals surface area (Å²) in [7, 11) is 1.51. The molecule has 1 aliphatic heterocycles. The van der Waals surface area contributed by atoms with Crippen molar-refractivity contribution in [1.82, 2.24) is 4.90 Å². The van der Waals surface area contributed by atoms with Crippen molar-refractivity contribution in [1.29, 1.82) is 0 Å². The van der Waals surface area contributed by atoms with Gasteiger partial charge in [-0.3, -0.25) is 14.5 Å². The van der Waals surface area contributed by atoms with Gasteiger partial charge in [-0.05, 0) is 23.7 Å². The zero-order valence-electron chi connectivity index (χ0n) is 12.7. The van der Waals surface area contributed by atoms with Crippen LogP contribution in [0.5, 0.6) is 0 Å². The Balaban J connectivity index is 1.78. The predicted molar refractivity (Wildman–Crippen MR) is 98.2 cm³/mol. The standard InChI is InChI=1S/C16H11Cl6NO2/c1-23-12(24)6-4-2-3-5(7(6)13(23)25)9-8(4)14(19)10(17)11(18)15(9,20)16(14,21)22/h2-9H,1H3/t4-,5+,6+,7-,8-,9+,14-,15+. The van der Waals surface area contributed by atoms with Crippen LogP contribution in [-0.2, 0) is 9.59 Å². The lowest BCUT2D eigenvalue weighted by Crippen LogP contribution is -2.56. The topological polar surface area (TPSA) is 37.4 Å². The summed E-state index contributed by atoms with van der Waals surface area (Å²) in [5.41, 5.74) is 0. The van der Waals surface area contributed by atoms with E-state index in [2.05, 4.69) is 0 Å². The van der Waals surface area contributed by atoms with E-state index in [9.17, 15) is 9.59 Å². The van der Waals surface area contributed by atoms with E-state index in [0.29, 0.717) is 0 Å². The number of halogens is 6. The lowest BCUT2D eigenvalue weighted by atomic mass is 9.51. The summed E-state index contributed by atoms with van der Waals surface area (Å²) in [5, 5.41) is 0.277. The summed E-state index contributed by atoms with van der Waals surface area (Å²) in [6, 6.07) is 0. The molecule has 25 heavy (non-hydrogen) atoms. The van der Waals surface area contributed by atoms with Crippen LogP contribution in [0, 0.1) is 35.5 Å². The van der Waals surface area contributed by atoms with E-state index in [1.807, 2.05) is 12.2 Å². The van der Waals surface area contributed by atoms with E-state index in [0.717, 1.165) is 0 Å². The van der Waals surface area contributed by atoms with Crippen molar-refractivity contribution in [3.63, 3.8) is 0 Å². The first kappa shape index (κ1) is 17.5. The molecule has 134 valence electrons. The molecule has 0 radical (unpaired) electrons. The maximum atomic E-state index is 12.7. The molecule has 2 amide bonds. The normalized spacial score (nSPS) is 54.6. The Morgan fingerprint density at radius 2 is 1.20 bits per heavy atom. The van der Waals surface area contributed by atoms with Gasteiger partial charge < -0.3 is 0 Å². The SMILES string of the molecule is CN1C(=O)[C@@H]2[C@@H]3C=C[C@H]([C@@H]2C1=O)[C@@H]1[C@H]3[C@]2(Cl)C(Cl)=C(Cl)[C@@]1(Cl)C2(Cl)Cl. The zero-order valence-corrected chi connectivity index (χ0v) is 17.2. The van der Waals surface area contributed by atoms with E-state index in [4.69, 9.17) is 69.6 Å². The van der Waals surface area contributed by atoms with Gasteiger partial charge in [-0.15, -0.1) is 23.2 Å². The minimum Gasteiger partial charge on any atom is -0.285 e. The molecule has 0 spiro atoms. The number of imide groups is 1. The maximum Gasteiger partial charge on any atom is 0.233 e. The second-order valence-electron chi connectivity index (χ2n) is 7.50. The molecule has 8 atom stereocenters. The number of hydrogen-bond acceptors (Lipinski definition) is 2. The third-order valence-electron chi connectivity index (χ3n) is 6.88. The first-order valence-corrected chi connectivity index (χ1v) is 10.1. The second-order valence-corrected chi connectivity index (χ2v) is 10.8. The van der Waals surface area contributed by atoms with Gasteiger partial charge in [0, 0.05) is 7.05 Å². The summed E-state index contributed by atoms with van der Waals surface area (Å²) in [5.74, 6) is -2.80. The van der Waals surface area contributed by atoms with Gasteiger partial charge in [-0.2, -0.15) is 0 Å². The highest BCUT2D eigenvalue weighted by Gasteiger charge is 2.86. The molecule has 0 aromatic carbocycles. The van der Waals surface area contributed by atoms with Gasteiger partial charge in [-0.1, -0.05) is 58.6 Å². The minimum absolute atomic E-state index is 0.139. The summed E-state index contributed by atoms with van der Waals surface area (Å²) in [6.07, 6.45) is 3.87. The number of hydrogen-bond donors (Lipinski definition) is 0. The molecule has 0 aromatic heterocycles. The van der Waals surface area contributed by atoms with Gasteiger partial charge >= 0.3 is 0 Å². The summed E-state index contributed by atoms with van der Waals surface area (Å²) >= 11 is 40.1. The predicted octanol–water partition coefficient (Wildman–Crippen LogP) is 4.11. The zero-order chi connectivity index (χ0) is 18.3. The second kappa shape index (κ2) is 4.67. The van der Waals surface area contributed by atoms with Crippen LogP contribution in [0.15, 0.2) is 22.2 Å². The number of likely N-dealkylation sites (tertiary alicyclic amines) is 1. The van der Waals surface area contributed by atoms with Crippen LogP contribution in [0.1, 0.15) is 0 Å². The molecule has 4 bridgehead atoms.